The van der Waals surface area contributed by atoms with Crippen LogP contribution in [-0.4, -0.2) is 14.1 Å². The van der Waals surface area contributed by atoms with Gasteiger partial charge in [-0.25, -0.2) is 4.98 Å². The molecule has 0 fully saturated rings. The first-order valence-electron chi connectivity index (χ1n) is 24.7. The van der Waals surface area contributed by atoms with Crippen molar-refractivity contribution in [2.75, 3.05) is 0 Å². The molecule has 0 aliphatic heterocycles. The molecule has 0 saturated carbocycles. The number of para-hydroxylation sites is 4. The fraction of sp³-hybridized carbons (Fsp3) is 0. The normalized spacial score (nSPS) is 11.6. The molecule has 0 saturated heterocycles. The molecule has 3 heteroatoms. The van der Waals surface area contributed by atoms with Crippen LogP contribution in [-0.2, 0) is 0 Å². The molecule has 11 aromatic carbocycles. The first-order chi connectivity index (χ1) is 35.7. The number of fused-ring (bicyclic) bond motifs is 7. The van der Waals surface area contributed by atoms with E-state index in [1.807, 2.05) is 0 Å². The van der Waals surface area contributed by atoms with Gasteiger partial charge in [-0.3, -0.25) is 0 Å². The fourth-order valence-corrected chi connectivity index (χ4v) is 11.1. The lowest BCUT2D eigenvalue weighted by atomic mass is 9.94. The van der Waals surface area contributed by atoms with E-state index >= 15 is 0 Å². The van der Waals surface area contributed by atoms with E-state index in [1.54, 1.807) is 0 Å². The minimum absolute atomic E-state index is 0.916. The van der Waals surface area contributed by atoms with Crippen LogP contribution in [0.5, 0.6) is 0 Å². The average Bonchev–Trinajstić information content (AvgIpc) is 3.98. The highest BCUT2D eigenvalue weighted by atomic mass is 15.0. The van der Waals surface area contributed by atoms with Crippen molar-refractivity contribution in [1.29, 1.82) is 0 Å². The zero-order valence-electron chi connectivity index (χ0n) is 39.3. The van der Waals surface area contributed by atoms with Crippen molar-refractivity contribution in [3.05, 3.63) is 273 Å². The number of hydrogen-bond donors (Lipinski definition) is 0. The highest BCUT2D eigenvalue weighted by molar-refractivity contribution is 6.10. The number of benzene rings is 11. The van der Waals surface area contributed by atoms with Crippen LogP contribution in [0, 0.1) is 0 Å². The van der Waals surface area contributed by atoms with E-state index in [2.05, 4.69) is 282 Å². The molecule has 0 atom stereocenters. The zero-order chi connectivity index (χ0) is 47.5. The largest absolute Gasteiger partial charge is 0.309 e. The Labute approximate surface area is 417 Å². The quantitative estimate of drug-likeness (QED) is 0.149. The van der Waals surface area contributed by atoms with E-state index in [1.165, 1.54) is 65.5 Å². The van der Waals surface area contributed by atoms with Gasteiger partial charge in [0, 0.05) is 44.0 Å². The Kier molecular flexibility index (Phi) is 9.85. The Morgan fingerprint density at radius 1 is 0.222 bits per heavy atom. The Balaban J connectivity index is 0.878. The van der Waals surface area contributed by atoms with E-state index in [0.717, 1.165) is 67.3 Å². The molecule has 0 aliphatic carbocycles. The smallest absolute Gasteiger partial charge is 0.0715 e. The maximum Gasteiger partial charge on any atom is 0.0715 e. The summed E-state index contributed by atoms with van der Waals surface area (Å²) in [4.78, 5) is 5.51. The van der Waals surface area contributed by atoms with Gasteiger partial charge in [-0.15, -0.1) is 0 Å². The van der Waals surface area contributed by atoms with Crippen molar-refractivity contribution in [2.24, 2.45) is 0 Å². The summed E-state index contributed by atoms with van der Waals surface area (Å²) < 4.78 is 4.77. The van der Waals surface area contributed by atoms with Crippen LogP contribution in [0.25, 0.3) is 133 Å². The van der Waals surface area contributed by atoms with Crippen molar-refractivity contribution in [1.82, 2.24) is 14.1 Å². The van der Waals surface area contributed by atoms with E-state index in [0.29, 0.717) is 0 Å². The summed E-state index contributed by atoms with van der Waals surface area (Å²) >= 11 is 0. The van der Waals surface area contributed by atoms with Crippen LogP contribution < -0.4 is 0 Å². The van der Waals surface area contributed by atoms with Gasteiger partial charge in [0.15, 0.2) is 0 Å². The van der Waals surface area contributed by atoms with Crippen LogP contribution in [0.3, 0.4) is 0 Å². The Hall–Kier alpha value is -9.57. The Morgan fingerprint density at radius 3 is 1.07 bits per heavy atom. The lowest BCUT2D eigenvalue weighted by Crippen LogP contribution is -1.95. The van der Waals surface area contributed by atoms with Crippen molar-refractivity contribution in [2.45, 2.75) is 0 Å². The summed E-state index contributed by atoms with van der Waals surface area (Å²) in [5.41, 5.74) is 20.2. The molecular formula is C69H45N3. The minimum atomic E-state index is 0.916. The molecule has 0 radical (unpaired) electrons. The van der Waals surface area contributed by atoms with Gasteiger partial charge in [-0.05, 0) is 128 Å². The first kappa shape index (κ1) is 41.4. The zero-order valence-corrected chi connectivity index (χ0v) is 39.3. The summed E-state index contributed by atoms with van der Waals surface area (Å²) in [7, 11) is 0. The fourth-order valence-electron chi connectivity index (χ4n) is 11.1. The summed E-state index contributed by atoms with van der Waals surface area (Å²) in [5.74, 6) is 0. The van der Waals surface area contributed by atoms with Crippen molar-refractivity contribution in [3.63, 3.8) is 0 Å². The molecule has 3 heterocycles. The predicted octanol–water partition coefficient (Wildman–Crippen LogP) is 18.4. The van der Waals surface area contributed by atoms with E-state index < -0.39 is 0 Å². The molecule has 72 heavy (non-hydrogen) atoms. The Bertz CT molecular complexity index is 4070. The highest BCUT2D eigenvalue weighted by Gasteiger charge is 2.16. The number of nitrogens with zero attached hydrogens (tertiary/aromatic N) is 3. The lowest BCUT2D eigenvalue weighted by Gasteiger charge is -2.14. The molecule has 3 aromatic heterocycles. The van der Waals surface area contributed by atoms with E-state index in [-0.39, 0.29) is 0 Å². The second-order valence-electron chi connectivity index (χ2n) is 18.7. The van der Waals surface area contributed by atoms with Gasteiger partial charge in [0.25, 0.3) is 0 Å². The Morgan fingerprint density at radius 2 is 0.583 bits per heavy atom. The molecule has 0 N–H and O–H groups in total. The number of hydrogen-bond acceptors (Lipinski definition) is 1. The number of aromatic nitrogens is 3. The van der Waals surface area contributed by atoms with Gasteiger partial charge in [0.2, 0.25) is 0 Å². The van der Waals surface area contributed by atoms with E-state index in [9.17, 15) is 0 Å². The number of rotatable bonds is 8. The highest BCUT2D eigenvalue weighted by Crippen LogP contribution is 2.39. The molecule has 0 unspecified atom stereocenters. The van der Waals surface area contributed by atoms with E-state index in [4.69, 9.17) is 4.98 Å². The van der Waals surface area contributed by atoms with Gasteiger partial charge in [-0.1, -0.05) is 200 Å². The van der Waals surface area contributed by atoms with Crippen molar-refractivity contribution >= 4 is 54.4 Å². The molecule has 0 bridgehead atoms. The third kappa shape index (κ3) is 7.10. The van der Waals surface area contributed by atoms with Crippen molar-refractivity contribution in [3.8, 4) is 78.4 Å². The van der Waals surface area contributed by atoms with Crippen LogP contribution in [0.2, 0.25) is 0 Å². The standard InChI is InChI=1S/C69H45N3/c1-2-26-58-47(16-1)17-15-31-59(58)48-38-36-46(37-39-48)55-44-64(53-22-11-18-49(40-53)51-20-13-24-56(42-51)71-66-32-7-3-27-60(66)61-28-4-8-33-67(61)71)70-65(45-55)54-23-12-19-50(41-54)52-21-14-25-57(43-52)72-68-34-9-5-29-62(68)63-30-6-10-35-69(63)72/h1-45H. The summed E-state index contributed by atoms with van der Waals surface area (Å²) in [6.07, 6.45) is 0. The summed E-state index contributed by atoms with van der Waals surface area (Å²) in [6, 6.07) is 99.0. The van der Waals surface area contributed by atoms with Gasteiger partial charge >= 0.3 is 0 Å². The maximum absolute atomic E-state index is 5.51. The molecule has 3 nitrogen and oxygen atoms in total. The average molecular weight is 916 g/mol. The van der Waals surface area contributed by atoms with Crippen LogP contribution in [0.4, 0.5) is 0 Å². The molecule has 0 spiro atoms. The predicted molar refractivity (Wildman–Crippen MR) is 303 cm³/mol. The lowest BCUT2D eigenvalue weighted by molar-refractivity contribution is 1.18. The second-order valence-corrected chi connectivity index (χ2v) is 18.7. The second kappa shape index (κ2) is 17.1. The van der Waals surface area contributed by atoms with Crippen molar-refractivity contribution < 1.29 is 0 Å². The molecular weight excluding hydrogens is 871 g/mol. The monoisotopic (exact) mass is 915 g/mol. The summed E-state index contributed by atoms with van der Waals surface area (Å²) in [5, 5.41) is 7.51. The topological polar surface area (TPSA) is 22.8 Å². The van der Waals surface area contributed by atoms with Crippen LogP contribution in [0.1, 0.15) is 0 Å². The third-order valence-corrected chi connectivity index (χ3v) is 14.5. The van der Waals surface area contributed by atoms with Gasteiger partial charge in [-0.2, -0.15) is 0 Å². The van der Waals surface area contributed by atoms with Gasteiger partial charge in [0.05, 0.1) is 33.5 Å². The first-order valence-corrected chi connectivity index (χ1v) is 24.7. The SMILES string of the molecule is c1cc(-c2cccc(-n3c4ccccc4c4ccccc43)c2)cc(-c2cc(-c3ccc(-c4cccc5ccccc45)cc3)cc(-c3cccc(-c4cccc(-n5c6ccccc6c6ccccc65)c4)c3)n2)c1. The number of pyridine rings is 1. The molecule has 336 valence electrons. The van der Waals surface area contributed by atoms with Crippen LogP contribution in [0.15, 0.2) is 273 Å². The molecule has 14 aromatic rings. The maximum atomic E-state index is 5.51. The summed E-state index contributed by atoms with van der Waals surface area (Å²) in [6.45, 7) is 0. The van der Waals surface area contributed by atoms with Gasteiger partial charge in [0.1, 0.15) is 0 Å². The molecule has 0 aliphatic rings. The molecule has 14 rings (SSSR count). The van der Waals surface area contributed by atoms with Gasteiger partial charge < -0.3 is 9.13 Å². The van der Waals surface area contributed by atoms with Crippen LogP contribution >= 0.6 is 0 Å². The molecule has 0 amide bonds. The third-order valence-electron chi connectivity index (χ3n) is 14.5. The minimum Gasteiger partial charge on any atom is -0.309 e.